The van der Waals surface area contributed by atoms with E-state index in [4.69, 9.17) is 14.0 Å². The highest BCUT2D eigenvalue weighted by atomic mass is 32.2. The Morgan fingerprint density at radius 1 is 1.33 bits per heavy atom. The van der Waals surface area contributed by atoms with Gasteiger partial charge in [-0.05, 0) is 12.8 Å². The number of ketones is 1. The Bertz CT molecular complexity index is 609. The van der Waals surface area contributed by atoms with Crippen LogP contribution in [0.15, 0.2) is 0 Å². The molecule has 21 heavy (non-hydrogen) atoms. The Hall–Kier alpha value is -1.48. The molecular weight excluding hydrogens is 304 g/mol. The molecule has 0 aromatic heterocycles. The van der Waals surface area contributed by atoms with Crippen LogP contribution in [0, 0.1) is 17.8 Å². The van der Waals surface area contributed by atoms with Crippen LogP contribution in [0.25, 0.3) is 0 Å². The number of Topliss-reactive ketones (excluding diaryl/α,β-unsaturated/α-hetero) is 1. The van der Waals surface area contributed by atoms with Crippen molar-refractivity contribution in [2.75, 3.05) is 5.75 Å². The van der Waals surface area contributed by atoms with Crippen molar-refractivity contribution in [3.8, 4) is 0 Å². The summed E-state index contributed by atoms with van der Waals surface area (Å²) in [4.78, 5) is 34.5. The lowest BCUT2D eigenvalue weighted by atomic mass is 9.88. The van der Waals surface area contributed by atoms with Crippen LogP contribution in [0.3, 0.4) is 0 Å². The van der Waals surface area contributed by atoms with Crippen molar-refractivity contribution in [2.45, 2.75) is 31.5 Å². The molecule has 2 saturated carbocycles. The van der Waals surface area contributed by atoms with Gasteiger partial charge in [-0.15, -0.1) is 0 Å². The van der Waals surface area contributed by atoms with Crippen LogP contribution in [-0.2, 0) is 34.0 Å². The first-order chi connectivity index (χ1) is 9.74. The number of ether oxygens (including phenoxy) is 2. The van der Waals surface area contributed by atoms with Crippen LogP contribution in [-0.4, -0.2) is 48.7 Å². The lowest BCUT2D eigenvalue weighted by molar-refractivity contribution is -0.162. The van der Waals surface area contributed by atoms with E-state index in [0.717, 1.165) is 6.42 Å². The highest BCUT2D eigenvalue weighted by Crippen LogP contribution is 2.55. The quantitative estimate of drug-likeness (QED) is 0.402. The minimum Gasteiger partial charge on any atom is -0.458 e. The third-order valence-corrected chi connectivity index (χ3v) is 5.05. The van der Waals surface area contributed by atoms with Crippen molar-refractivity contribution < 1.29 is 36.8 Å². The topological polar surface area (TPSA) is 124 Å². The van der Waals surface area contributed by atoms with E-state index in [2.05, 4.69) is 0 Å². The van der Waals surface area contributed by atoms with Crippen molar-refractivity contribution in [3.63, 3.8) is 0 Å². The Balaban J connectivity index is 1.57. The molecule has 3 rings (SSSR count). The van der Waals surface area contributed by atoms with Crippen LogP contribution in [0.1, 0.15) is 19.3 Å². The normalized spacial score (nSPS) is 36.6. The van der Waals surface area contributed by atoms with Gasteiger partial charge < -0.3 is 9.47 Å². The molecule has 0 aromatic rings. The van der Waals surface area contributed by atoms with Gasteiger partial charge >= 0.3 is 11.9 Å². The smallest absolute Gasteiger partial charge is 0.313 e. The molecule has 0 radical (unpaired) electrons. The van der Waals surface area contributed by atoms with Gasteiger partial charge in [0.25, 0.3) is 10.1 Å². The van der Waals surface area contributed by atoms with Crippen molar-refractivity contribution >= 4 is 27.8 Å². The van der Waals surface area contributed by atoms with Gasteiger partial charge in [0.2, 0.25) is 0 Å². The van der Waals surface area contributed by atoms with Crippen LogP contribution in [0.5, 0.6) is 0 Å². The summed E-state index contributed by atoms with van der Waals surface area (Å²) < 4.78 is 40.0. The second-order valence-corrected chi connectivity index (χ2v) is 7.25. The van der Waals surface area contributed by atoms with Gasteiger partial charge in [-0.3, -0.25) is 18.9 Å². The number of carbonyl (C=O) groups excluding carboxylic acids is 3. The minimum atomic E-state index is -4.45. The molecular formula is C12H14O8S. The summed E-state index contributed by atoms with van der Waals surface area (Å²) in [6, 6.07) is 0. The maximum absolute atomic E-state index is 11.7. The molecule has 0 spiro atoms. The van der Waals surface area contributed by atoms with Crippen molar-refractivity contribution in [3.05, 3.63) is 0 Å². The summed E-state index contributed by atoms with van der Waals surface area (Å²) in [6.45, 7) is 0. The van der Waals surface area contributed by atoms with E-state index in [1.807, 2.05) is 0 Å². The van der Waals surface area contributed by atoms with E-state index in [0.29, 0.717) is 6.42 Å². The zero-order chi connectivity index (χ0) is 15.4. The summed E-state index contributed by atoms with van der Waals surface area (Å²) in [5, 5.41) is 0. The first-order valence-electron chi connectivity index (χ1n) is 6.61. The van der Waals surface area contributed by atoms with E-state index in [-0.39, 0.29) is 23.7 Å². The fourth-order valence-electron chi connectivity index (χ4n) is 3.67. The highest BCUT2D eigenvalue weighted by molar-refractivity contribution is 7.86. The molecule has 1 N–H and O–H groups in total. The number of hydrogen-bond acceptors (Lipinski definition) is 7. The van der Waals surface area contributed by atoms with Crippen LogP contribution in [0.4, 0.5) is 0 Å². The molecule has 0 amide bonds. The maximum Gasteiger partial charge on any atom is 0.313 e. The summed E-state index contributed by atoms with van der Waals surface area (Å²) in [5.41, 5.74) is 0. The summed E-state index contributed by atoms with van der Waals surface area (Å²) in [5.74, 6) is -3.14. The monoisotopic (exact) mass is 318 g/mol. The number of rotatable bonds is 5. The van der Waals surface area contributed by atoms with Crippen molar-refractivity contribution in [1.29, 1.82) is 0 Å². The van der Waals surface area contributed by atoms with Crippen LogP contribution < -0.4 is 0 Å². The Morgan fingerprint density at radius 2 is 2.05 bits per heavy atom. The Labute approximate surface area is 120 Å². The van der Waals surface area contributed by atoms with Gasteiger partial charge in [-0.25, -0.2) is 0 Å². The van der Waals surface area contributed by atoms with Gasteiger partial charge in [0.15, 0.2) is 5.78 Å². The first-order valence-corrected chi connectivity index (χ1v) is 8.22. The standard InChI is InChI=1S/C12H14O8S/c13-6(4-21(16,17)18)3-9(14)19-10-5-1-7-8(2-5)12(15)20-11(7)10/h5,7-8,10-11H,1-4H2,(H,16,17,18). The third kappa shape index (κ3) is 2.67. The van der Waals surface area contributed by atoms with Gasteiger partial charge in [-0.1, -0.05) is 0 Å². The third-order valence-electron chi connectivity index (χ3n) is 4.37. The fraction of sp³-hybridized carbons (Fsp3) is 0.750. The molecule has 2 bridgehead atoms. The molecule has 3 aliphatic rings. The molecule has 1 heterocycles. The molecule has 8 nitrogen and oxygen atoms in total. The zero-order valence-electron chi connectivity index (χ0n) is 10.9. The number of carbonyl (C=O) groups is 3. The summed E-state index contributed by atoms with van der Waals surface area (Å²) in [6.07, 6.45) is -0.335. The molecule has 9 heteroatoms. The lowest BCUT2D eigenvalue weighted by Crippen LogP contribution is -2.36. The fourth-order valence-corrected chi connectivity index (χ4v) is 4.18. The van der Waals surface area contributed by atoms with Gasteiger partial charge in [-0.2, -0.15) is 8.42 Å². The maximum atomic E-state index is 11.7. The average Bonchev–Trinajstić information content (AvgIpc) is 2.90. The van der Waals surface area contributed by atoms with Crippen LogP contribution >= 0.6 is 0 Å². The molecule has 116 valence electrons. The van der Waals surface area contributed by atoms with E-state index >= 15 is 0 Å². The highest BCUT2D eigenvalue weighted by Gasteiger charge is 2.63. The number of hydrogen-bond donors (Lipinski definition) is 1. The van der Waals surface area contributed by atoms with E-state index < -0.39 is 46.3 Å². The lowest BCUT2D eigenvalue weighted by Gasteiger charge is -2.25. The van der Waals surface area contributed by atoms with Gasteiger partial charge in [0.1, 0.15) is 24.4 Å². The molecule has 3 fully saturated rings. The van der Waals surface area contributed by atoms with E-state index in [1.165, 1.54) is 0 Å². The van der Waals surface area contributed by atoms with Gasteiger partial charge in [0, 0.05) is 11.8 Å². The minimum absolute atomic E-state index is 0.0528. The SMILES string of the molecule is O=C(CC(=O)OC1C2CC3C(=O)OC1C3C2)CS(=O)(=O)O. The van der Waals surface area contributed by atoms with Gasteiger partial charge in [0.05, 0.1) is 5.92 Å². The first kappa shape index (κ1) is 14.5. The number of esters is 2. The van der Waals surface area contributed by atoms with E-state index in [9.17, 15) is 22.8 Å². The molecule has 5 unspecified atom stereocenters. The predicted octanol–water partition coefficient (Wildman–Crippen LogP) is -0.673. The van der Waals surface area contributed by atoms with Crippen molar-refractivity contribution in [1.82, 2.24) is 0 Å². The average molecular weight is 318 g/mol. The largest absolute Gasteiger partial charge is 0.458 e. The Kier molecular flexibility index (Phi) is 3.28. The second-order valence-electron chi connectivity index (χ2n) is 5.80. The molecule has 0 aromatic carbocycles. The van der Waals surface area contributed by atoms with E-state index in [1.54, 1.807) is 0 Å². The molecule has 1 saturated heterocycles. The molecule has 1 aliphatic heterocycles. The molecule has 2 aliphatic carbocycles. The second kappa shape index (κ2) is 4.77. The predicted molar refractivity (Wildman–Crippen MR) is 65.5 cm³/mol. The number of fused-ring (bicyclic) bond motifs is 1. The van der Waals surface area contributed by atoms with Crippen LogP contribution in [0.2, 0.25) is 0 Å². The Morgan fingerprint density at radius 3 is 2.71 bits per heavy atom. The summed E-state index contributed by atoms with van der Waals surface area (Å²) in [7, 11) is -4.45. The zero-order valence-corrected chi connectivity index (χ0v) is 11.7. The summed E-state index contributed by atoms with van der Waals surface area (Å²) >= 11 is 0. The molecule has 5 atom stereocenters. The van der Waals surface area contributed by atoms with Crippen molar-refractivity contribution in [2.24, 2.45) is 17.8 Å².